The molecule has 14 heavy (non-hydrogen) atoms. The van der Waals surface area contributed by atoms with Crippen LogP contribution in [-0.2, 0) is 0 Å². The van der Waals surface area contributed by atoms with Gasteiger partial charge in [0, 0.05) is 24.1 Å². The second kappa shape index (κ2) is 4.43. The van der Waals surface area contributed by atoms with E-state index >= 15 is 0 Å². The highest BCUT2D eigenvalue weighted by Gasteiger charge is 1.99. The SMILES string of the molecule is CO.O=Cc1cc2ccc(O)cc2[nH]1. The Morgan fingerprint density at radius 1 is 1.29 bits per heavy atom. The summed E-state index contributed by atoms with van der Waals surface area (Å²) in [7, 11) is 1.00. The van der Waals surface area contributed by atoms with Crippen molar-refractivity contribution in [3.05, 3.63) is 30.0 Å². The average Bonchev–Trinajstić information content (AvgIpc) is 2.62. The summed E-state index contributed by atoms with van der Waals surface area (Å²) >= 11 is 0. The third kappa shape index (κ3) is 1.92. The van der Waals surface area contributed by atoms with E-state index in [4.69, 9.17) is 10.2 Å². The Hall–Kier alpha value is -1.81. The van der Waals surface area contributed by atoms with Crippen LogP contribution in [0.3, 0.4) is 0 Å². The number of phenolic OH excluding ortho intramolecular Hbond substituents is 1. The van der Waals surface area contributed by atoms with Crippen LogP contribution >= 0.6 is 0 Å². The van der Waals surface area contributed by atoms with Crippen molar-refractivity contribution in [1.82, 2.24) is 4.98 Å². The molecule has 0 saturated carbocycles. The number of aldehydes is 1. The first-order chi connectivity index (χ1) is 6.79. The summed E-state index contributed by atoms with van der Waals surface area (Å²) in [6.07, 6.45) is 0.747. The van der Waals surface area contributed by atoms with Crippen molar-refractivity contribution in [2.24, 2.45) is 0 Å². The summed E-state index contributed by atoms with van der Waals surface area (Å²) < 4.78 is 0. The number of H-pyrrole nitrogens is 1. The van der Waals surface area contributed by atoms with Crippen LogP contribution in [0.25, 0.3) is 10.9 Å². The number of aromatic hydroxyl groups is 1. The smallest absolute Gasteiger partial charge is 0.166 e. The normalized spacial score (nSPS) is 9.29. The predicted octanol–water partition coefficient (Wildman–Crippen LogP) is 1.29. The maximum atomic E-state index is 10.4. The number of hydrogen-bond donors (Lipinski definition) is 3. The molecular weight excluding hydrogens is 182 g/mol. The van der Waals surface area contributed by atoms with Crippen molar-refractivity contribution in [3.8, 4) is 5.75 Å². The van der Waals surface area contributed by atoms with Crippen molar-refractivity contribution in [2.45, 2.75) is 0 Å². The molecule has 0 unspecified atom stereocenters. The lowest BCUT2D eigenvalue weighted by Crippen LogP contribution is -1.74. The maximum absolute atomic E-state index is 10.4. The van der Waals surface area contributed by atoms with Crippen molar-refractivity contribution in [2.75, 3.05) is 7.11 Å². The van der Waals surface area contributed by atoms with Gasteiger partial charge in [-0.15, -0.1) is 0 Å². The van der Waals surface area contributed by atoms with Gasteiger partial charge in [0.1, 0.15) is 5.75 Å². The molecule has 74 valence electrons. The molecule has 0 aliphatic heterocycles. The molecule has 3 N–H and O–H groups in total. The largest absolute Gasteiger partial charge is 0.508 e. The highest BCUT2D eigenvalue weighted by molar-refractivity contribution is 5.88. The summed E-state index contributed by atoms with van der Waals surface area (Å²) in [6, 6.07) is 6.67. The number of aromatic nitrogens is 1. The molecule has 0 aliphatic carbocycles. The number of carbonyl (C=O) groups excluding carboxylic acids is 1. The molecule has 1 heterocycles. The van der Waals surface area contributed by atoms with E-state index in [-0.39, 0.29) is 5.75 Å². The van der Waals surface area contributed by atoms with Crippen molar-refractivity contribution in [1.29, 1.82) is 0 Å². The van der Waals surface area contributed by atoms with Crippen LogP contribution in [0.4, 0.5) is 0 Å². The van der Waals surface area contributed by atoms with E-state index in [9.17, 15) is 4.79 Å². The van der Waals surface area contributed by atoms with E-state index in [1.807, 2.05) is 0 Å². The van der Waals surface area contributed by atoms with Gasteiger partial charge in [0.15, 0.2) is 6.29 Å². The molecule has 0 saturated heterocycles. The number of hydrogen-bond acceptors (Lipinski definition) is 3. The molecule has 2 rings (SSSR count). The molecule has 2 aromatic rings. The second-order valence-corrected chi connectivity index (χ2v) is 2.61. The zero-order chi connectivity index (χ0) is 10.6. The minimum Gasteiger partial charge on any atom is -0.508 e. The van der Waals surface area contributed by atoms with E-state index < -0.39 is 0 Å². The van der Waals surface area contributed by atoms with Crippen LogP contribution in [0.5, 0.6) is 5.75 Å². The molecule has 0 bridgehead atoms. The van der Waals surface area contributed by atoms with E-state index in [0.29, 0.717) is 5.69 Å². The zero-order valence-electron chi connectivity index (χ0n) is 7.69. The first kappa shape index (κ1) is 10.3. The summed E-state index contributed by atoms with van der Waals surface area (Å²) in [5, 5.41) is 17.0. The van der Waals surface area contributed by atoms with Crippen LogP contribution < -0.4 is 0 Å². The van der Waals surface area contributed by atoms with Gasteiger partial charge in [-0.3, -0.25) is 4.79 Å². The van der Waals surface area contributed by atoms with E-state index in [0.717, 1.165) is 24.3 Å². The number of carbonyl (C=O) groups is 1. The first-order valence-electron chi connectivity index (χ1n) is 4.01. The van der Waals surface area contributed by atoms with Gasteiger partial charge in [-0.05, 0) is 18.2 Å². The van der Waals surface area contributed by atoms with Gasteiger partial charge in [-0.2, -0.15) is 0 Å². The van der Waals surface area contributed by atoms with Crippen LogP contribution in [0, 0.1) is 0 Å². The van der Waals surface area contributed by atoms with Crippen molar-refractivity contribution < 1.29 is 15.0 Å². The van der Waals surface area contributed by atoms with E-state index in [1.165, 1.54) is 0 Å². The number of fused-ring (bicyclic) bond motifs is 1. The Balaban J connectivity index is 0.000000461. The van der Waals surface area contributed by atoms with Gasteiger partial charge >= 0.3 is 0 Å². The molecule has 0 radical (unpaired) electrons. The number of benzene rings is 1. The Kier molecular flexibility index (Phi) is 3.25. The molecule has 1 aromatic carbocycles. The third-order valence-electron chi connectivity index (χ3n) is 1.75. The monoisotopic (exact) mass is 193 g/mol. The van der Waals surface area contributed by atoms with Crippen LogP contribution in [0.1, 0.15) is 10.5 Å². The molecule has 0 atom stereocenters. The van der Waals surface area contributed by atoms with Gasteiger partial charge in [0.2, 0.25) is 0 Å². The fourth-order valence-corrected chi connectivity index (χ4v) is 1.20. The second-order valence-electron chi connectivity index (χ2n) is 2.61. The standard InChI is InChI=1S/C9H7NO2.CH4O/c11-5-7-3-6-1-2-8(12)4-9(6)10-7;1-2/h1-5,10,12H;2H,1H3. The Labute approximate surface area is 80.8 Å². The number of aliphatic hydroxyl groups excluding tert-OH is 1. The van der Waals surface area contributed by atoms with Crippen molar-refractivity contribution >= 4 is 17.2 Å². The molecule has 0 aliphatic rings. The zero-order valence-corrected chi connectivity index (χ0v) is 7.69. The maximum Gasteiger partial charge on any atom is 0.166 e. The van der Waals surface area contributed by atoms with Gasteiger partial charge in [-0.25, -0.2) is 0 Å². The molecule has 0 fully saturated rings. The van der Waals surface area contributed by atoms with Gasteiger partial charge in [0.25, 0.3) is 0 Å². The fourth-order valence-electron chi connectivity index (χ4n) is 1.20. The number of nitrogens with one attached hydrogen (secondary N) is 1. The molecule has 1 aromatic heterocycles. The van der Waals surface area contributed by atoms with E-state index in [2.05, 4.69) is 4.98 Å². The van der Waals surface area contributed by atoms with Crippen LogP contribution in [-0.4, -0.2) is 28.6 Å². The van der Waals surface area contributed by atoms with Crippen LogP contribution in [0.2, 0.25) is 0 Å². The third-order valence-corrected chi connectivity index (χ3v) is 1.75. The molecule has 0 spiro atoms. The highest BCUT2D eigenvalue weighted by atomic mass is 16.3. The summed E-state index contributed by atoms with van der Waals surface area (Å²) in [6.45, 7) is 0. The minimum absolute atomic E-state index is 0.196. The number of aliphatic hydroxyl groups is 1. The average molecular weight is 193 g/mol. The van der Waals surface area contributed by atoms with Crippen LogP contribution in [0.15, 0.2) is 24.3 Å². The highest BCUT2D eigenvalue weighted by Crippen LogP contribution is 2.19. The summed E-state index contributed by atoms with van der Waals surface area (Å²) in [4.78, 5) is 13.2. The predicted molar refractivity (Wildman–Crippen MR) is 53.5 cm³/mol. The molecular formula is C10H11NO3. The number of phenols is 1. The van der Waals surface area contributed by atoms with Gasteiger partial charge in [-0.1, -0.05) is 0 Å². The summed E-state index contributed by atoms with van der Waals surface area (Å²) in [5.41, 5.74) is 1.30. The number of rotatable bonds is 1. The van der Waals surface area contributed by atoms with E-state index in [1.54, 1.807) is 24.3 Å². The lowest BCUT2D eigenvalue weighted by molar-refractivity contribution is 0.112. The van der Waals surface area contributed by atoms with Gasteiger partial charge in [0.05, 0.1) is 5.69 Å². The minimum atomic E-state index is 0.196. The van der Waals surface area contributed by atoms with Crippen molar-refractivity contribution in [3.63, 3.8) is 0 Å². The Morgan fingerprint density at radius 3 is 2.64 bits per heavy atom. The Bertz CT molecular complexity index is 434. The fraction of sp³-hybridized carbons (Fsp3) is 0.100. The van der Waals surface area contributed by atoms with Gasteiger partial charge < -0.3 is 15.2 Å². The first-order valence-corrected chi connectivity index (χ1v) is 4.01. The quantitative estimate of drug-likeness (QED) is 0.597. The number of aromatic amines is 1. The lowest BCUT2D eigenvalue weighted by Gasteiger charge is -1.89. The lowest BCUT2D eigenvalue weighted by atomic mass is 10.2. The topological polar surface area (TPSA) is 73.3 Å². The Morgan fingerprint density at radius 2 is 2.00 bits per heavy atom. The molecule has 4 nitrogen and oxygen atoms in total. The molecule has 0 amide bonds. The summed E-state index contributed by atoms with van der Waals surface area (Å²) in [5.74, 6) is 0.196. The molecule has 4 heteroatoms.